The Labute approximate surface area is 60.5 Å². The van der Waals surface area contributed by atoms with E-state index in [0.29, 0.717) is 6.54 Å². The minimum Gasteiger partial charge on any atom is -0.326 e. The molecule has 1 rings (SSSR count). The summed E-state index contributed by atoms with van der Waals surface area (Å²) < 4.78 is 12.5. The Balaban J connectivity index is 3.04. The van der Waals surface area contributed by atoms with E-state index in [9.17, 15) is 4.39 Å². The van der Waals surface area contributed by atoms with Gasteiger partial charge in [-0.25, -0.2) is 4.39 Å². The second-order valence-corrected chi connectivity index (χ2v) is 2.06. The second kappa shape index (κ2) is 2.84. The van der Waals surface area contributed by atoms with Crippen molar-refractivity contribution in [2.45, 2.75) is 6.54 Å². The Morgan fingerprint density at radius 1 is 1.50 bits per heavy atom. The first-order valence-electron chi connectivity index (χ1n) is 2.98. The van der Waals surface area contributed by atoms with Crippen LogP contribution in [0.1, 0.15) is 5.56 Å². The molecular weight excluding hydrogens is 128 g/mol. The molecule has 0 amide bonds. The highest BCUT2D eigenvalue weighted by Crippen LogP contribution is 1.97. The van der Waals surface area contributed by atoms with Gasteiger partial charge in [-0.1, -0.05) is 17.6 Å². The molecule has 0 fully saturated rings. The number of hydrogen-bond donors (Lipinski definition) is 1. The third-order valence-electron chi connectivity index (χ3n) is 1.30. The van der Waals surface area contributed by atoms with E-state index in [1.54, 1.807) is 6.07 Å². The normalized spacial score (nSPS) is 9.80. The summed E-state index contributed by atoms with van der Waals surface area (Å²) >= 11 is 0. The summed E-state index contributed by atoms with van der Waals surface area (Å²) in [4.78, 5) is 0. The van der Waals surface area contributed by atoms with Crippen LogP contribution in [0.3, 0.4) is 0 Å². The Hall–Kier alpha value is -0.825. The molecule has 1 aromatic carbocycles. The molecule has 2 N–H and O–H groups in total. The van der Waals surface area contributed by atoms with Crippen molar-refractivity contribution in [3.8, 4) is 0 Å². The molecule has 1 aromatic rings. The Morgan fingerprint density at radius 3 is 2.70 bits per heavy atom. The van der Waals surface area contributed by atoms with E-state index in [2.05, 4.69) is 0 Å². The maximum absolute atomic E-state index is 12.5. The van der Waals surface area contributed by atoms with Crippen molar-refractivity contribution in [2.24, 2.45) is 5.73 Å². The van der Waals surface area contributed by atoms with Gasteiger partial charge in [-0.05, 0) is 11.6 Å². The summed E-state index contributed by atoms with van der Waals surface area (Å²) in [5, 5.41) is 0. The minimum atomic E-state index is -0.391. The van der Waals surface area contributed by atoms with Crippen molar-refractivity contribution in [3.63, 3.8) is 0 Å². The maximum Gasteiger partial charge on any atom is 0.117 e. The van der Waals surface area contributed by atoms with Crippen molar-refractivity contribution >= 4 is 13.3 Å². The van der Waals surface area contributed by atoms with Crippen LogP contribution < -0.4 is 11.2 Å². The van der Waals surface area contributed by atoms with Crippen LogP contribution in [0.2, 0.25) is 0 Å². The molecule has 0 bridgehead atoms. The molecule has 0 aliphatic rings. The highest BCUT2D eigenvalue weighted by molar-refractivity contribution is 6.32. The van der Waals surface area contributed by atoms with Gasteiger partial charge >= 0.3 is 0 Å². The molecule has 0 aliphatic carbocycles. The molecule has 10 heavy (non-hydrogen) atoms. The zero-order chi connectivity index (χ0) is 7.56. The van der Waals surface area contributed by atoms with Gasteiger partial charge in [0.05, 0.1) is 0 Å². The monoisotopic (exact) mass is 135 g/mol. The molecule has 0 atom stereocenters. The predicted molar refractivity (Wildman–Crippen MR) is 39.7 cm³/mol. The molecule has 3 heteroatoms. The van der Waals surface area contributed by atoms with Crippen LogP contribution in [0, 0.1) is 5.82 Å². The lowest BCUT2D eigenvalue weighted by Crippen LogP contribution is -2.10. The number of nitrogens with two attached hydrogens (primary N) is 1. The van der Waals surface area contributed by atoms with E-state index in [1.807, 2.05) is 0 Å². The third kappa shape index (κ3) is 1.36. The summed E-state index contributed by atoms with van der Waals surface area (Å²) in [6.45, 7) is 0.393. The number of hydrogen-bond acceptors (Lipinski definition) is 1. The van der Waals surface area contributed by atoms with Crippen molar-refractivity contribution in [2.75, 3.05) is 0 Å². The third-order valence-corrected chi connectivity index (χ3v) is 1.30. The van der Waals surface area contributed by atoms with Gasteiger partial charge < -0.3 is 5.73 Å². The van der Waals surface area contributed by atoms with E-state index >= 15 is 0 Å². The number of benzene rings is 1. The average Bonchev–Trinajstić information content (AvgIpc) is 1.95. The molecule has 0 saturated heterocycles. The fourth-order valence-corrected chi connectivity index (χ4v) is 0.720. The van der Waals surface area contributed by atoms with Crippen LogP contribution in [-0.4, -0.2) is 7.85 Å². The average molecular weight is 135 g/mol. The Morgan fingerprint density at radius 2 is 2.20 bits per heavy atom. The van der Waals surface area contributed by atoms with Gasteiger partial charge in [0.1, 0.15) is 13.7 Å². The number of halogens is 1. The Kier molecular flexibility index (Phi) is 2.07. The first-order chi connectivity index (χ1) is 4.74. The van der Waals surface area contributed by atoms with Crippen LogP contribution >= 0.6 is 0 Å². The largest absolute Gasteiger partial charge is 0.326 e. The molecule has 2 radical (unpaired) electrons. The standard InChI is InChI=1S/C7H7BFN/c8-6-3-5(4-10)1-2-7(6)9/h1-3H,4,10H2. The van der Waals surface area contributed by atoms with Gasteiger partial charge in [-0.15, -0.1) is 0 Å². The van der Waals surface area contributed by atoms with Crippen LogP contribution in [0.15, 0.2) is 18.2 Å². The topological polar surface area (TPSA) is 26.0 Å². The SMILES string of the molecule is [B]c1cc(CN)ccc1F. The first kappa shape index (κ1) is 7.28. The van der Waals surface area contributed by atoms with Gasteiger partial charge in [-0.3, -0.25) is 0 Å². The molecule has 0 saturated carbocycles. The zero-order valence-corrected chi connectivity index (χ0v) is 5.47. The molecule has 50 valence electrons. The van der Waals surface area contributed by atoms with Crippen molar-refractivity contribution in [1.29, 1.82) is 0 Å². The zero-order valence-electron chi connectivity index (χ0n) is 5.47. The lowest BCUT2D eigenvalue weighted by molar-refractivity contribution is 0.635. The van der Waals surface area contributed by atoms with E-state index < -0.39 is 5.82 Å². The highest BCUT2D eigenvalue weighted by Gasteiger charge is 1.95. The van der Waals surface area contributed by atoms with Gasteiger partial charge in [0.2, 0.25) is 0 Å². The highest BCUT2D eigenvalue weighted by atomic mass is 19.1. The van der Waals surface area contributed by atoms with Crippen molar-refractivity contribution in [3.05, 3.63) is 29.6 Å². The van der Waals surface area contributed by atoms with Gasteiger partial charge in [0.15, 0.2) is 0 Å². The summed E-state index contributed by atoms with van der Waals surface area (Å²) in [6.07, 6.45) is 0. The predicted octanol–water partition coefficient (Wildman–Crippen LogP) is 0.0782. The summed E-state index contributed by atoms with van der Waals surface area (Å²) in [5.41, 5.74) is 6.29. The minimum absolute atomic E-state index is 0.156. The number of rotatable bonds is 1. The summed E-state index contributed by atoms with van der Waals surface area (Å²) in [7, 11) is 5.27. The van der Waals surface area contributed by atoms with E-state index in [1.165, 1.54) is 12.1 Å². The fraction of sp³-hybridized carbons (Fsp3) is 0.143. The van der Waals surface area contributed by atoms with Gasteiger partial charge in [0, 0.05) is 6.54 Å². The molecule has 0 unspecified atom stereocenters. The van der Waals surface area contributed by atoms with Gasteiger partial charge in [0.25, 0.3) is 0 Å². The molecule has 1 nitrogen and oxygen atoms in total. The van der Waals surface area contributed by atoms with Gasteiger partial charge in [-0.2, -0.15) is 0 Å². The van der Waals surface area contributed by atoms with E-state index in [-0.39, 0.29) is 5.46 Å². The molecule has 0 aliphatic heterocycles. The van der Waals surface area contributed by atoms with Crippen molar-refractivity contribution in [1.82, 2.24) is 0 Å². The summed E-state index contributed by atoms with van der Waals surface area (Å²) in [6, 6.07) is 4.47. The van der Waals surface area contributed by atoms with Crippen LogP contribution in [0.25, 0.3) is 0 Å². The smallest absolute Gasteiger partial charge is 0.117 e. The lowest BCUT2D eigenvalue weighted by Gasteiger charge is -1.98. The van der Waals surface area contributed by atoms with Crippen molar-refractivity contribution < 1.29 is 4.39 Å². The fourth-order valence-electron chi connectivity index (χ4n) is 0.720. The van der Waals surface area contributed by atoms with Crippen LogP contribution in [0.4, 0.5) is 4.39 Å². The molecule has 0 heterocycles. The Bertz CT molecular complexity index is 237. The van der Waals surface area contributed by atoms with E-state index in [0.717, 1.165) is 5.56 Å². The van der Waals surface area contributed by atoms with Crippen LogP contribution in [-0.2, 0) is 6.54 Å². The quantitative estimate of drug-likeness (QED) is 0.542. The lowest BCUT2D eigenvalue weighted by atomic mass is 9.94. The van der Waals surface area contributed by atoms with E-state index in [4.69, 9.17) is 13.6 Å². The first-order valence-corrected chi connectivity index (χ1v) is 2.98. The molecule has 0 spiro atoms. The second-order valence-electron chi connectivity index (χ2n) is 2.06. The maximum atomic E-state index is 12.5. The summed E-state index contributed by atoms with van der Waals surface area (Å²) in [5.74, 6) is -0.391. The molecular formula is C7H7BFN. The van der Waals surface area contributed by atoms with Crippen LogP contribution in [0.5, 0.6) is 0 Å². The molecule has 0 aromatic heterocycles.